The molecular formula is C19H24N2O. The van der Waals surface area contributed by atoms with Gasteiger partial charge in [0.15, 0.2) is 0 Å². The second kappa shape index (κ2) is 4.59. The molecule has 4 atom stereocenters. The van der Waals surface area contributed by atoms with Gasteiger partial charge in [-0.3, -0.25) is 4.90 Å². The van der Waals surface area contributed by atoms with Crippen LogP contribution < -0.4 is 0 Å². The van der Waals surface area contributed by atoms with Gasteiger partial charge in [0, 0.05) is 37.3 Å². The molecule has 4 heterocycles. The number of ether oxygens (including phenoxy) is 1. The van der Waals surface area contributed by atoms with Crippen molar-refractivity contribution in [3.8, 4) is 0 Å². The summed E-state index contributed by atoms with van der Waals surface area (Å²) in [5.41, 5.74) is 3.36. The number of fused-ring (bicyclic) bond motifs is 7. The first-order chi connectivity index (χ1) is 10.8. The molecule has 2 fully saturated rings. The first-order valence-corrected chi connectivity index (χ1v) is 8.75. The van der Waals surface area contributed by atoms with Gasteiger partial charge in [0.25, 0.3) is 0 Å². The van der Waals surface area contributed by atoms with Gasteiger partial charge in [-0.15, -0.1) is 0 Å². The SMILES string of the molecule is CCC12CCn3c(cc4ccccc43)CCN(C1)C1OC1C2. The zero-order valence-electron chi connectivity index (χ0n) is 13.3. The molecule has 2 saturated heterocycles. The molecule has 0 amide bonds. The number of para-hydroxylation sites is 1. The maximum absolute atomic E-state index is 5.94. The highest BCUT2D eigenvalue weighted by Gasteiger charge is 2.54. The molecule has 3 aliphatic heterocycles. The fourth-order valence-corrected chi connectivity index (χ4v) is 4.78. The standard InChI is InChI=1S/C19H24N2O/c1-2-19-8-10-21-15(11-14-5-3-4-6-16(14)21)7-9-20(13-19)18-17(12-19)22-18/h3-6,11,17-18H,2,7-10,12-13H2,1H3. The van der Waals surface area contributed by atoms with E-state index in [0.29, 0.717) is 17.7 Å². The number of aromatic nitrogens is 1. The van der Waals surface area contributed by atoms with Crippen LogP contribution >= 0.6 is 0 Å². The number of piperidine rings is 1. The van der Waals surface area contributed by atoms with E-state index in [9.17, 15) is 0 Å². The predicted molar refractivity (Wildman–Crippen MR) is 87.8 cm³/mol. The summed E-state index contributed by atoms with van der Waals surface area (Å²) in [7, 11) is 0. The van der Waals surface area contributed by atoms with Crippen molar-refractivity contribution in [3.63, 3.8) is 0 Å². The molecule has 0 spiro atoms. The molecule has 116 valence electrons. The maximum atomic E-state index is 5.94. The van der Waals surface area contributed by atoms with Crippen molar-refractivity contribution >= 4 is 10.9 Å². The van der Waals surface area contributed by atoms with Crippen LogP contribution in [0.1, 0.15) is 31.9 Å². The van der Waals surface area contributed by atoms with Crippen LogP contribution in [-0.4, -0.2) is 34.9 Å². The Hall–Kier alpha value is -1.32. The van der Waals surface area contributed by atoms with Gasteiger partial charge >= 0.3 is 0 Å². The average Bonchev–Trinajstić information content (AvgIpc) is 3.22. The number of rotatable bonds is 1. The summed E-state index contributed by atoms with van der Waals surface area (Å²) >= 11 is 0. The van der Waals surface area contributed by atoms with Crippen molar-refractivity contribution in [2.75, 3.05) is 13.1 Å². The van der Waals surface area contributed by atoms with Crippen molar-refractivity contribution in [1.82, 2.24) is 9.47 Å². The van der Waals surface area contributed by atoms with Gasteiger partial charge in [0.1, 0.15) is 12.3 Å². The second-order valence-corrected chi connectivity index (χ2v) is 7.44. The highest BCUT2D eigenvalue weighted by molar-refractivity contribution is 5.81. The number of hydrogen-bond acceptors (Lipinski definition) is 2. The Labute approximate surface area is 131 Å². The van der Waals surface area contributed by atoms with Gasteiger partial charge in [-0.1, -0.05) is 25.1 Å². The summed E-state index contributed by atoms with van der Waals surface area (Å²) < 4.78 is 8.52. The molecule has 0 radical (unpaired) electrons. The van der Waals surface area contributed by atoms with Gasteiger partial charge in [-0.25, -0.2) is 0 Å². The lowest BCUT2D eigenvalue weighted by Crippen LogP contribution is -2.45. The smallest absolute Gasteiger partial charge is 0.137 e. The molecule has 3 heteroatoms. The third kappa shape index (κ3) is 1.88. The van der Waals surface area contributed by atoms with Crippen LogP contribution in [0.5, 0.6) is 0 Å². The van der Waals surface area contributed by atoms with E-state index in [2.05, 4.69) is 46.7 Å². The van der Waals surface area contributed by atoms with Crippen LogP contribution in [0.4, 0.5) is 0 Å². The first-order valence-electron chi connectivity index (χ1n) is 8.75. The fourth-order valence-electron chi connectivity index (χ4n) is 4.78. The first kappa shape index (κ1) is 13.1. The molecule has 3 nitrogen and oxygen atoms in total. The van der Waals surface area contributed by atoms with Crippen molar-refractivity contribution in [2.45, 2.75) is 51.5 Å². The number of epoxide rings is 1. The molecule has 2 bridgehead atoms. The maximum Gasteiger partial charge on any atom is 0.137 e. The Morgan fingerprint density at radius 1 is 1.27 bits per heavy atom. The minimum absolute atomic E-state index is 0.426. The molecule has 22 heavy (non-hydrogen) atoms. The second-order valence-electron chi connectivity index (χ2n) is 7.44. The summed E-state index contributed by atoms with van der Waals surface area (Å²) in [5, 5.41) is 1.39. The third-order valence-corrected chi connectivity index (χ3v) is 6.26. The summed E-state index contributed by atoms with van der Waals surface area (Å²) in [6.07, 6.45) is 5.89. The quantitative estimate of drug-likeness (QED) is 0.752. The Balaban J connectivity index is 1.57. The van der Waals surface area contributed by atoms with Crippen LogP contribution in [0.2, 0.25) is 0 Å². The minimum atomic E-state index is 0.426. The molecule has 1 aromatic heterocycles. The Morgan fingerprint density at radius 2 is 2.18 bits per heavy atom. The van der Waals surface area contributed by atoms with Gasteiger partial charge in [-0.2, -0.15) is 0 Å². The van der Waals surface area contributed by atoms with Gasteiger partial charge in [-0.05, 0) is 42.2 Å². The molecule has 0 aliphatic carbocycles. The average molecular weight is 296 g/mol. The Morgan fingerprint density at radius 3 is 3.09 bits per heavy atom. The highest BCUT2D eigenvalue weighted by atomic mass is 16.6. The molecular weight excluding hydrogens is 272 g/mol. The zero-order valence-corrected chi connectivity index (χ0v) is 13.3. The summed E-state index contributed by atoms with van der Waals surface area (Å²) in [4.78, 5) is 2.62. The lowest BCUT2D eigenvalue weighted by Gasteiger charge is -2.40. The molecule has 0 saturated carbocycles. The van der Waals surface area contributed by atoms with Crippen LogP contribution in [0, 0.1) is 5.41 Å². The number of hydrogen-bond donors (Lipinski definition) is 0. The van der Waals surface area contributed by atoms with Crippen molar-refractivity contribution in [3.05, 3.63) is 36.0 Å². The minimum Gasteiger partial charge on any atom is -0.353 e. The Kier molecular flexibility index (Phi) is 2.74. The van der Waals surface area contributed by atoms with E-state index >= 15 is 0 Å². The monoisotopic (exact) mass is 296 g/mol. The van der Waals surface area contributed by atoms with Gasteiger partial charge < -0.3 is 9.30 Å². The number of benzene rings is 1. The van der Waals surface area contributed by atoms with Crippen molar-refractivity contribution in [1.29, 1.82) is 0 Å². The topological polar surface area (TPSA) is 20.7 Å². The third-order valence-electron chi connectivity index (χ3n) is 6.26. The van der Waals surface area contributed by atoms with E-state index in [1.54, 1.807) is 0 Å². The van der Waals surface area contributed by atoms with E-state index in [0.717, 1.165) is 19.5 Å². The zero-order chi connectivity index (χ0) is 14.7. The van der Waals surface area contributed by atoms with Crippen LogP contribution in [0.25, 0.3) is 10.9 Å². The Bertz CT molecular complexity index is 721. The molecule has 1 aromatic carbocycles. The van der Waals surface area contributed by atoms with Crippen LogP contribution in [-0.2, 0) is 17.7 Å². The lowest BCUT2D eigenvalue weighted by atomic mass is 9.75. The van der Waals surface area contributed by atoms with Crippen LogP contribution in [0.15, 0.2) is 30.3 Å². The highest BCUT2D eigenvalue weighted by Crippen LogP contribution is 2.48. The number of nitrogens with zero attached hydrogens (tertiary/aromatic N) is 2. The van der Waals surface area contributed by atoms with Crippen LogP contribution in [0.3, 0.4) is 0 Å². The van der Waals surface area contributed by atoms with Crippen molar-refractivity contribution < 1.29 is 4.74 Å². The van der Waals surface area contributed by atoms with Gasteiger partial charge in [0.2, 0.25) is 0 Å². The molecule has 2 aromatic rings. The molecule has 5 rings (SSSR count). The molecule has 0 N–H and O–H groups in total. The molecule has 4 unspecified atom stereocenters. The molecule has 3 aliphatic rings. The van der Waals surface area contributed by atoms with E-state index < -0.39 is 0 Å². The predicted octanol–water partition coefficient (Wildman–Crippen LogP) is 3.41. The van der Waals surface area contributed by atoms with E-state index in [4.69, 9.17) is 4.74 Å². The lowest BCUT2D eigenvalue weighted by molar-refractivity contribution is 0.0780. The van der Waals surface area contributed by atoms with Crippen molar-refractivity contribution in [2.24, 2.45) is 5.41 Å². The summed E-state index contributed by atoms with van der Waals surface area (Å²) in [5.74, 6) is 0. The summed E-state index contributed by atoms with van der Waals surface area (Å²) in [6.45, 7) is 5.89. The van der Waals surface area contributed by atoms with E-state index in [-0.39, 0.29) is 0 Å². The van der Waals surface area contributed by atoms with Gasteiger partial charge in [0.05, 0.1) is 0 Å². The normalized spacial score (nSPS) is 36.9. The summed E-state index contributed by atoms with van der Waals surface area (Å²) in [6, 6.07) is 11.2. The van der Waals surface area contributed by atoms with E-state index in [1.165, 1.54) is 42.4 Å². The number of aryl methyl sites for hydroxylation is 1. The fraction of sp³-hybridized carbons (Fsp3) is 0.579. The van der Waals surface area contributed by atoms with E-state index in [1.807, 2.05) is 0 Å². The largest absolute Gasteiger partial charge is 0.353 e.